The lowest BCUT2D eigenvalue weighted by Crippen LogP contribution is -2.31. The van der Waals surface area contributed by atoms with Gasteiger partial charge < -0.3 is 10.2 Å². The first-order chi connectivity index (χ1) is 13.1. The van der Waals surface area contributed by atoms with Crippen LogP contribution in [0.4, 0.5) is 4.39 Å². The molecule has 2 aromatic rings. The highest BCUT2D eigenvalue weighted by Gasteiger charge is 2.22. The highest BCUT2D eigenvalue weighted by molar-refractivity contribution is 5.78. The fraction of sp³-hybridized carbons (Fsp3) is 0.364. The van der Waals surface area contributed by atoms with Crippen molar-refractivity contribution in [3.63, 3.8) is 0 Å². The van der Waals surface area contributed by atoms with Crippen LogP contribution < -0.4 is 5.32 Å². The topological polar surface area (TPSA) is 49.4 Å². The van der Waals surface area contributed by atoms with Crippen molar-refractivity contribution in [1.29, 1.82) is 0 Å². The Morgan fingerprint density at radius 1 is 1.07 bits per heavy atom. The molecule has 1 aliphatic heterocycles. The van der Waals surface area contributed by atoms with Crippen molar-refractivity contribution in [3.8, 4) is 0 Å². The SMILES string of the molecule is O=C(Cc1cccc(F)c1)NCC1CCC(=O)N(Cc2ccccc2)CC1. The lowest BCUT2D eigenvalue weighted by molar-refractivity contribution is -0.131. The average Bonchev–Trinajstić information content (AvgIpc) is 2.83. The Balaban J connectivity index is 1.46. The second kappa shape index (κ2) is 9.31. The van der Waals surface area contributed by atoms with Gasteiger partial charge in [-0.25, -0.2) is 4.39 Å². The molecular formula is C22H25FN2O2. The highest BCUT2D eigenvalue weighted by atomic mass is 19.1. The number of hydrogen-bond acceptors (Lipinski definition) is 2. The van der Waals surface area contributed by atoms with Gasteiger partial charge in [0.2, 0.25) is 11.8 Å². The third-order valence-corrected chi connectivity index (χ3v) is 4.98. The van der Waals surface area contributed by atoms with Crippen LogP contribution in [0.5, 0.6) is 0 Å². The molecule has 0 radical (unpaired) electrons. The third kappa shape index (κ3) is 5.91. The maximum atomic E-state index is 13.2. The predicted molar refractivity (Wildman–Crippen MR) is 102 cm³/mol. The molecule has 1 saturated heterocycles. The molecule has 1 fully saturated rings. The van der Waals surface area contributed by atoms with Crippen LogP contribution in [0.15, 0.2) is 54.6 Å². The molecular weight excluding hydrogens is 343 g/mol. The van der Waals surface area contributed by atoms with Gasteiger partial charge in [-0.15, -0.1) is 0 Å². The van der Waals surface area contributed by atoms with E-state index in [4.69, 9.17) is 0 Å². The Kier molecular flexibility index (Phi) is 6.58. The molecule has 0 aromatic heterocycles. The fourth-order valence-corrected chi connectivity index (χ4v) is 3.42. The number of amides is 2. The first-order valence-electron chi connectivity index (χ1n) is 9.43. The summed E-state index contributed by atoms with van der Waals surface area (Å²) < 4.78 is 13.2. The molecule has 4 nitrogen and oxygen atoms in total. The van der Waals surface area contributed by atoms with E-state index in [9.17, 15) is 14.0 Å². The number of halogens is 1. The van der Waals surface area contributed by atoms with Crippen LogP contribution in [0.1, 0.15) is 30.4 Å². The number of carbonyl (C=O) groups excluding carboxylic acids is 2. The van der Waals surface area contributed by atoms with Gasteiger partial charge in [0.1, 0.15) is 5.82 Å². The molecule has 1 N–H and O–H groups in total. The summed E-state index contributed by atoms with van der Waals surface area (Å²) in [5, 5.41) is 2.94. The van der Waals surface area contributed by atoms with Crippen molar-refractivity contribution in [2.75, 3.05) is 13.1 Å². The third-order valence-electron chi connectivity index (χ3n) is 4.98. The molecule has 142 valence electrons. The number of carbonyl (C=O) groups is 2. The minimum Gasteiger partial charge on any atom is -0.356 e. The monoisotopic (exact) mass is 368 g/mol. The van der Waals surface area contributed by atoms with Gasteiger partial charge in [0.15, 0.2) is 0 Å². The lowest BCUT2D eigenvalue weighted by atomic mass is 10.0. The van der Waals surface area contributed by atoms with E-state index in [-0.39, 0.29) is 30.0 Å². The molecule has 3 rings (SSSR count). The van der Waals surface area contributed by atoms with Crippen LogP contribution >= 0.6 is 0 Å². The molecule has 1 aliphatic rings. The number of rotatable bonds is 6. The molecule has 1 unspecified atom stereocenters. The van der Waals surface area contributed by atoms with Crippen molar-refractivity contribution in [2.24, 2.45) is 5.92 Å². The Bertz CT molecular complexity index is 779. The molecule has 2 aromatic carbocycles. The summed E-state index contributed by atoms with van der Waals surface area (Å²) in [4.78, 5) is 26.4. The zero-order valence-electron chi connectivity index (χ0n) is 15.4. The van der Waals surface area contributed by atoms with E-state index >= 15 is 0 Å². The van der Waals surface area contributed by atoms with E-state index in [1.54, 1.807) is 12.1 Å². The summed E-state index contributed by atoms with van der Waals surface area (Å²) in [7, 11) is 0. The van der Waals surface area contributed by atoms with Gasteiger partial charge in [0, 0.05) is 26.1 Å². The van der Waals surface area contributed by atoms with Crippen LogP contribution in [0.25, 0.3) is 0 Å². The van der Waals surface area contributed by atoms with E-state index in [1.165, 1.54) is 12.1 Å². The second-order valence-corrected chi connectivity index (χ2v) is 7.11. The molecule has 0 bridgehead atoms. The normalized spacial score (nSPS) is 17.4. The first kappa shape index (κ1) is 19.1. The Labute approximate surface area is 159 Å². The average molecular weight is 368 g/mol. The lowest BCUT2D eigenvalue weighted by Gasteiger charge is -2.21. The van der Waals surface area contributed by atoms with Gasteiger partial charge in [0.25, 0.3) is 0 Å². The number of benzene rings is 2. The minimum atomic E-state index is -0.332. The van der Waals surface area contributed by atoms with Gasteiger partial charge in [-0.1, -0.05) is 42.5 Å². The van der Waals surface area contributed by atoms with Crippen molar-refractivity contribution in [1.82, 2.24) is 10.2 Å². The van der Waals surface area contributed by atoms with Crippen molar-refractivity contribution in [3.05, 3.63) is 71.5 Å². The van der Waals surface area contributed by atoms with E-state index in [1.807, 2.05) is 35.2 Å². The summed E-state index contributed by atoms with van der Waals surface area (Å²) in [5.41, 5.74) is 1.80. The largest absolute Gasteiger partial charge is 0.356 e. The van der Waals surface area contributed by atoms with Gasteiger partial charge in [-0.3, -0.25) is 9.59 Å². The van der Waals surface area contributed by atoms with Gasteiger partial charge in [-0.2, -0.15) is 0 Å². The van der Waals surface area contributed by atoms with Crippen molar-refractivity contribution >= 4 is 11.8 Å². The van der Waals surface area contributed by atoms with Crippen molar-refractivity contribution in [2.45, 2.75) is 32.2 Å². The smallest absolute Gasteiger partial charge is 0.224 e. The molecule has 2 amide bonds. The van der Waals surface area contributed by atoms with E-state index < -0.39 is 0 Å². The van der Waals surface area contributed by atoms with Crippen LogP contribution in [0.2, 0.25) is 0 Å². The first-order valence-corrected chi connectivity index (χ1v) is 9.43. The zero-order valence-corrected chi connectivity index (χ0v) is 15.4. The standard InChI is InChI=1S/C22H25FN2O2/c23-20-8-4-7-19(13-20)14-21(26)24-15-17-9-10-22(27)25(12-11-17)16-18-5-2-1-3-6-18/h1-8,13,17H,9-12,14-16H2,(H,24,26). The van der Waals surface area contributed by atoms with E-state index in [0.29, 0.717) is 31.6 Å². The summed E-state index contributed by atoms with van der Waals surface area (Å²) in [6.45, 7) is 1.90. The molecule has 1 atom stereocenters. The summed E-state index contributed by atoms with van der Waals surface area (Å²) >= 11 is 0. The number of nitrogens with zero attached hydrogens (tertiary/aromatic N) is 1. The van der Waals surface area contributed by atoms with Crippen LogP contribution in [0, 0.1) is 11.7 Å². The van der Waals surface area contributed by atoms with E-state index in [0.717, 1.165) is 18.4 Å². The van der Waals surface area contributed by atoms with Gasteiger partial charge in [-0.05, 0) is 42.0 Å². The molecule has 0 saturated carbocycles. The van der Waals surface area contributed by atoms with Crippen LogP contribution in [-0.4, -0.2) is 29.8 Å². The quantitative estimate of drug-likeness (QED) is 0.850. The van der Waals surface area contributed by atoms with E-state index in [2.05, 4.69) is 5.32 Å². The predicted octanol–water partition coefficient (Wildman–Crippen LogP) is 3.31. The summed E-state index contributed by atoms with van der Waals surface area (Å²) in [6, 6.07) is 16.1. The number of likely N-dealkylation sites (tertiary alicyclic amines) is 1. The van der Waals surface area contributed by atoms with Crippen LogP contribution in [0.3, 0.4) is 0 Å². The maximum absolute atomic E-state index is 13.2. The Hall–Kier alpha value is -2.69. The minimum absolute atomic E-state index is 0.114. The number of hydrogen-bond donors (Lipinski definition) is 1. The van der Waals surface area contributed by atoms with Gasteiger partial charge in [0.05, 0.1) is 6.42 Å². The summed E-state index contributed by atoms with van der Waals surface area (Å²) in [5.74, 6) is 0.0111. The van der Waals surface area contributed by atoms with Crippen LogP contribution in [-0.2, 0) is 22.6 Å². The molecule has 0 spiro atoms. The molecule has 27 heavy (non-hydrogen) atoms. The zero-order chi connectivity index (χ0) is 19.1. The molecule has 0 aliphatic carbocycles. The van der Waals surface area contributed by atoms with Crippen molar-refractivity contribution < 1.29 is 14.0 Å². The second-order valence-electron chi connectivity index (χ2n) is 7.11. The van der Waals surface area contributed by atoms with Gasteiger partial charge >= 0.3 is 0 Å². The molecule has 5 heteroatoms. The maximum Gasteiger partial charge on any atom is 0.224 e. The molecule has 1 heterocycles. The highest BCUT2D eigenvalue weighted by Crippen LogP contribution is 2.19. The Morgan fingerprint density at radius 3 is 2.63 bits per heavy atom. The summed E-state index contributed by atoms with van der Waals surface area (Å²) in [6.07, 6.45) is 2.34. The fourth-order valence-electron chi connectivity index (χ4n) is 3.42. The Morgan fingerprint density at radius 2 is 1.85 bits per heavy atom. The number of nitrogens with one attached hydrogen (secondary N) is 1.